The van der Waals surface area contributed by atoms with E-state index in [-0.39, 0.29) is 0 Å². The molecule has 0 aromatic heterocycles. The monoisotopic (exact) mass is 283 g/mol. The van der Waals surface area contributed by atoms with E-state index < -0.39 is 0 Å². The maximum atomic E-state index is 3.60. The van der Waals surface area contributed by atoms with E-state index in [9.17, 15) is 0 Å². The van der Waals surface area contributed by atoms with E-state index >= 15 is 0 Å². The largest absolute Gasteiger partial charge is 0.310 e. The molecule has 0 spiro atoms. The fourth-order valence-electron chi connectivity index (χ4n) is 2.04. The van der Waals surface area contributed by atoms with Gasteiger partial charge in [0, 0.05) is 17.1 Å². The third-order valence-corrected chi connectivity index (χ3v) is 3.83. The van der Waals surface area contributed by atoms with Gasteiger partial charge >= 0.3 is 0 Å². The molecule has 16 heavy (non-hydrogen) atoms. The molecule has 0 radical (unpaired) electrons. The summed E-state index contributed by atoms with van der Waals surface area (Å²) in [6.07, 6.45) is 2.51. The summed E-state index contributed by atoms with van der Waals surface area (Å²) in [5.74, 6) is 0.787. The molecule has 0 amide bonds. The normalized spacial score (nSPS) is 13.1. The molecule has 0 bridgehead atoms. The molecule has 0 saturated carbocycles. The topological polar surface area (TPSA) is 12.0 Å². The Morgan fingerprint density at radius 1 is 1.12 bits per heavy atom. The van der Waals surface area contributed by atoms with Crippen molar-refractivity contribution in [3.63, 3.8) is 0 Å². The predicted octanol–water partition coefficient (Wildman–Crippen LogP) is 4.36. The molecule has 1 aromatic rings. The van der Waals surface area contributed by atoms with Crippen molar-refractivity contribution in [1.29, 1.82) is 0 Å². The average molecular weight is 284 g/mol. The lowest BCUT2D eigenvalue weighted by Gasteiger charge is -2.22. The number of hydrogen-bond donors (Lipinski definition) is 1. The molecule has 0 aliphatic rings. The van der Waals surface area contributed by atoms with Gasteiger partial charge in [-0.2, -0.15) is 0 Å². The van der Waals surface area contributed by atoms with Crippen LogP contribution in [0, 0.1) is 5.92 Å². The van der Waals surface area contributed by atoms with Crippen molar-refractivity contribution in [3.8, 4) is 0 Å². The molecule has 1 N–H and O–H groups in total. The standard InChI is InChI=1S/C14H22BrN/c1-4-13(5-2)11(3)16-10-12-6-8-14(15)9-7-12/h6-9,11,13,16H,4-5,10H2,1-3H3. The van der Waals surface area contributed by atoms with Crippen molar-refractivity contribution in [2.45, 2.75) is 46.2 Å². The lowest BCUT2D eigenvalue weighted by Crippen LogP contribution is -2.32. The molecule has 0 fully saturated rings. The first-order valence-electron chi connectivity index (χ1n) is 6.15. The van der Waals surface area contributed by atoms with Crippen molar-refractivity contribution in [3.05, 3.63) is 34.3 Å². The zero-order valence-electron chi connectivity index (χ0n) is 10.5. The van der Waals surface area contributed by atoms with E-state index in [0.717, 1.165) is 16.9 Å². The first kappa shape index (κ1) is 13.7. The second-order valence-electron chi connectivity index (χ2n) is 4.37. The zero-order valence-corrected chi connectivity index (χ0v) is 12.0. The highest BCUT2D eigenvalue weighted by Gasteiger charge is 2.12. The van der Waals surface area contributed by atoms with E-state index in [1.54, 1.807) is 0 Å². The van der Waals surface area contributed by atoms with Crippen LogP contribution in [0.1, 0.15) is 39.2 Å². The van der Waals surface area contributed by atoms with Crippen LogP contribution in [0.5, 0.6) is 0 Å². The Morgan fingerprint density at radius 3 is 2.19 bits per heavy atom. The average Bonchev–Trinajstić information content (AvgIpc) is 2.30. The minimum absolute atomic E-state index is 0.596. The second-order valence-corrected chi connectivity index (χ2v) is 5.29. The van der Waals surface area contributed by atoms with Crippen molar-refractivity contribution >= 4 is 15.9 Å². The summed E-state index contributed by atoms with van der Waals surface area (Å²) in [6, 6.07) is 9.11. The molecule has 2 heteroatoms. The maximum Gasteiger partial charge on any atom is 0.0208 e. The summed E-state index contributed by atoms with van der Waals surface area (Å²) < 4.78 is 1.14. The third-order valence-electron chi connectivity index (χ3n) is 3.30. The van der Waals surface area contributed by atoms with Gasteiger partial charge in [0.25, 0.3) is 0 Å². The first-order chi connectivity index (χ1) is 7.67. The fraction of sp³-hybridized carbons (Fsp3) is 0.571. The van der Waals surface area contributed by atoms with Crippen LogP contribution in [0.2, 0.25) is 0 Å². The lowest BCUT2D eigenvalue weighted by molar-refractivity contribution is 0.353. The van der Waals surface area contributed by atoms with E-state index in [1.165, 1.54) is 18.4 Å². The maximum absolute atomic E-state index is 3.60. The lowest BCUT2D eigenvalue weighted by atomic mass is 9.95. The number of hydrogen-bond acceptors (Lipinski definition) is 1. The smallest absolute Gasteiger partial charge is 0.0208 e. The van der Waals surface area contributed by atoms with Crippen LogP contribution in [0.4, 0.5) is 0 Å². The minimum atomic E-state index is 0.596. The molecule has 1 unspecified atom stereocenters. The van der Waals surface area contributed by atoms with Gasteiger partial charge in [-0.05, 0) is 30.5 Å². The Morgan fingerprint density at radius 2 is 1.69 bits per heavy atom. The van der Waals surface area contributed by atoms with Gasteiger partial charge in [-0.15, -0.1) is 0 Å². The number of rotatable bonds is 6. The predicted molar refractivity (Wildman–Crippen MR) is 74.5 cm³/mol. The van der Waals surface area contributed by atoms with Gasteiger partial charge in [-0.1, -0.05) is 54.8 Å². The fourth-order valence-corrected chi connectivity index (χ4v) is 2.31. The van der Waals surface area contributed by atoms with Crippen LogP contribution in [-0.4, -0.2) is 6.04 Å². The molecule has 0 saturated heterocycles. The molecule has 1 aromatic carbocycles. The summed E-state index contributed by atoms with van der Waals surface area (Å²) in [7, 11) is 0. The van der Waals surface area contributed by atoms with Gasteiger partial charge in [0.15, 0.2) is 0 Å². The second kappa shape index (κ2) is 7.08. The number of halogens is 1. The quantitative estimate of drug-likeness (QED) is 0.818. The van der Waals surface area contributed by atoms with Gasteiger partial charge in [-0.25, -0.2) is 0 Å². The highest BCUT2D eigenvalue weighted by atomic mass is 79.9. The minimum Gasteiger partial charge on any atom is -0.310 e. The van der Waals surface area contributed by atoms with Gasteiger partial charge < -0.3 is 5.32 Å². The molecule has 0 aliphatic carbocycles. The van der Waals surface area contributed by atoms with Crippen LogP contribution in [0.15, 0.2) is 28.7 Å². The molecule has 0 aliphatic heterocycles. The first-order valence-corrected chi connectivity index (χ1v) is 6.94. The van der Waals surface area contributed by atoms with E-state index in [4.69, 9.17) is 0 Å². The summed E-state index contributed by atoms with van der Waals surface area (Å²) in [4.78, 5) is 0. The Hall–Kier alpha value is -0.340. The van der Waals surface area contributed by atoms with Crippen molar-refractivity contribution in [1.82, 2.24) is 5.32 Å². The van der Waals surface area contributed by atoms with Gasteiger partial charge in [0.1, 0.15) is 0 Å². The molecule has 1 atom stereocenters. The van der Waals surface area contributed by atoms with E-state index in [2.05, 4.69) is 66.3 Å². The molecule has 1 nitrogen and oxygen atoms in total. The van der Waals surface area contributed by atoms with Gasteiger partial charge in [0.2, 0.25) is 0 Å². The highest BCUT2D eigenvalue weighted by Crippen LogP contribution is 2.14. The van der Waals surface area contributed by atoms with E-state index in [1.807, 2.05) is 0 Å². The Balaban J connectivity index is 2.42. The number of nitrogens with one attached hydrogen (secondary N) is 1. The molecule has 0 heterocycles. The van der Waals surface area contributed by atoms with Crippen LogP contribution >= 0.6 is 15.9 Å². The van der Waals surface area contributed by atoms with Crippen molar-refractivity contribution < 1.29 is 0 Å². The van der Waals surface area contributed by atoms with Crippen LogP contribution in [0.3, 0.4) is 0 Å². The SMILES string of the molecule is CCC(CC)C(C)NCc1ccc(Br)cc1. The van der Waals surface area contributed by atoms with Crippen molar-refractivity contribution in [2.75, 3.05) is 0 Å². The number of benzene rings is 1. The zero-order chi connectivity index (χ0) is 12.0. The van der Waals surface area contributed by atoms with Gasteiger partial charge in [-0.3, -0.25) is 0 Å². The van der Waals surface area contributed by atoms with E-state index in [0.29, 0.717) is 6.04 Å². The highest BCUT2D eigenvalue weighted by molar-refractivity contribution is 9.10. The van der Waals surface area contributed by atoms with Crippen LogP contribution in [0.25, 0.3) is 0 Å². The Bertz CT molecular complexity index is 290. The molecular formula is C14H22BrN. The Kier molecular flexibility index (Phi) is 6.07. The summed E-state index contributed by atoms with van der Waals surface area (Å²) in [5.41, 5.74) is 1.35. The third kappa shape index (κ3) is 4.26. The van der Waals surface area contributed by atoms with Crippen LogP contribution in [-0.2, 0) is 6.54 Å². The summed E-state index contributed by atoms with van der Waals surface area (Å²) >= 11 is 3.45. The van der Waals surface area contributed by atoms with Crippen molar-refractivity contribution in [2.24, 2.45) is 5.92 Å². The van der Waals surface area contributed by atoms with Gasteiger partial charge in [0.05, 0.1) is 0 Å². The Labute approximate surface area is 108 Å². The molecule has 1 rings (SSSR count). The summed E-state index contributed by atoms with van der Waals surface area (Å²) in [6.45, 7) is 7.79. The summed E-state index contributed by atoms with van der Waals surface area (Å²) in [5, 5.41) is 3.60. The van der Waals surface area contributed by atoms with Crippen LogP contribution < -0.4 is 5.32 Å². The molecule has 90 valence electrons. The molecular weight excluding hydrogens is 262 g/mol.